The minimum absolute atomic E-state index is 0.00935. The molecular formula is C25H54O12. The molecule has 12 nitrogen and oxygen atoms in total. The van der Waals surface area contributed by atoms with Gasteiger partial charge in [-0.25, -0.2) is 0 Å². The molecular weight excluding hydrogens is 492 g/mol. The molecule has 0 rings (SSSR count). The molecule has 0 aliphatic rings. The summed E-state index contributed by atoms with van der Waals surface area (Å²) in [4.78, 5) is 0. The summed E-state index contributed by atoms with van der Waals surface area (Å²) in [6, 6.07) is 0. The summed E-state index contributed by atoms with van der Waals surface area (Å²) in [5, 5.41) is 25.7. The van der Waals surface area contributed by atoms with Crippen molar-refractivity contribution in [2.45, 2.75) is 52.1 Å². The molecule has 0 fully saturated rings. The molecule has 0 aromatic heterocycles. The van der Waals surface area contributed by atoms with Gasteiger partial charge in [-0.3, -0.25) is 0 Å². The molecule has 0 bridgehead atoms. The molecule has 12 heteroatoms. The Hall–Kier alpha value is -0.480. The van der Waals surface area contributed by atoms with Gasteiger partial charge < -0.3 is 58.0 Å². The Morgan fingerprint density at radius 3 is 1.03 bits per heavy atom. The quantitative estimate of drug-likeness (QED) is 0.122. The maximum Gasteiger partial charge on any atom is 0.0781 e. The molecule has 0 aliphatic carbocycles. The van der Waals surface area contributed by atoms with E-state index < -0.39 is 0 Å². The molecule has 4 atom stereocenters. The minimum atomic E-state index is -0.146. The van der Waals surface area contributed by atoms with Gasteiger partial charge >= 0.3 is 0 Å². The molecule has 226 valence electrons. The molecule has 3 N–H and O–H groups in total. The Morgan fingerprint density at radius 2 is 0.730 bits per heavy atom. The largest absolute Gasteiger partial charge is 0.394 e. The molecule has 0 radical (unpaired) electrons. The predicted molar refractivity (Wildman–Crippen MR) is 138 cm³/mol. The summed E-state index contributed by atoms with van der Waals surface area (Å²) in [5.41, 5.74) is 0. The zero-order valence-corrected chi connectivity index (χ0v) is 23.6. The van der Waals surface area contributed by atoms with Crippen LogP contribution in [0.3, 0.4) is 0 Å². The lowest BCUT2D eigenvalue weighted by Crippen LogP contribution is -2.27. The van der Waals surface area contributed by atoms with Gasteiger partial charge in [-0.2, -0.15) is 0 Å². The average Bonchev–Trinajstić information content (AvgIpc) is 2.91. The molecule has 0 aliphatic heterocycles. The summed E-state index contributed by atoms with van der Waals surface area (Å²) in [7, 11) is 1.66. The number of aliphatic hydroxyl groups is 3. The number of methoxy groups -OCH3 is 1. The number of hydrogen-bond donors (Lipinski definition) is 3. The molecule has 0 amide bonds. The first kappa shape index (κ1) is 38.7. The maximum atomic E-state index is 8.81. The van der Waals surface area contributed by atoms with Gasteiger partial charge in [0.05, 0.1) is 130 Å². The number of aliphatic hydroxyl groups excluding tert-OH is 3. The van der Waals surface area contributed by atoms with E-state index in [1.807, 2.05) is 27.7 Å². The first-order chi connectivity index (χ1) is 17.9. The van der Waals surface area contributed by atoms with Gasteiger partial charge in [-0.1, -0.05) is 0 Å². The second kappa shape index (κ2) is 31.7. The third-order valence-corrected chi connectivity index (χ3v) is 4.47. The highest BCUT2D eigenvalue weighted by molar-refractivity contribution is 4.56. The number of ether oxygens (including phenoxy) is 9. The lowest BCUT2D eigenvalue weighted by Gasteiger charge is -2.20. The fraction of sp³-hybridized carbons (Fsp3) is 1.00. The number of hydrogen-bond acceptors (Lipinski definition) is 12. The van der Waals surface area contributed by atoms with E-state index in [0.29, 0.717) is 85.9 Å². The van der Waals surface area contributed by atoms with Gasteiger partial charge in [0.25, 0.3) is 0 Å². The summed E-state index contributed by atoms with van der Waals surface area (Å²) < 4.78 is 47.4. The summed E-state index contributed by atoms with van der Waals surface area (Å²) in [6.45, 7) is 14.1. The zero-order valence-electron chi connectivity index (χ0n) is 23.6. The third-order valence-electron chi connectivity index (χ3n) is 4.47. The van der Waals surface area contributed by atoms with Gasteiger partial charge in [0.2, 0.25) is 0 Å². The summed E-state index contributed by atoms with van der Waals surface area (Å²) >= 11 is 0. The van der Waals surface area contributed by atoms with Crippen LogP contribution in [0.25, 0.3) is 0 Å². The van der Waals surface area contributed by atoms with E-state index in [1.165, 1.54) is 0 Å². The van der Waals surface area contributed by atoms with Gasteiger partial charge in [-0.15, -0.1) is 0 Å². The average molecular weight is 547 g/mol. The second-order valence-corrected chi connectivity index (χ2v) is 8.17. The zero-order chi connectivity index (χ0) is 28.0. The highest BCUT2D eigenvalue weighted by Crippen LogP contribution is 2.01. The molecule has 0 spiro atoms. The van der Waals surface area contributed by atoms with Crippen molar-refractivity contribution in [3.63, 3.8) is 0 Å². The topological polar surface area (TPSA) is 144 Å². The van der Waals surface area contributed by atoms with Crippen LogP contribution in [0.5, 0.6) is 0 Å². The van der Waals surface area contributed by atoms with Crippen LogP contribution >= 0.6 is 0 Å². The van der Waals surface area contributed by atoms with Crippen LogP contribution < -0.4 is 0 Å². The molecule has 0 saturated carbocycles. The highest BCUT2D eigenvalue weighted by Gasteiger charge is 2.10. The van der Waals surface area contributed by atoms with E-state index in [-0.39, 0.29) is 44.2 Å². The maximum absolute atomic E-state index is 8.81. The van der Waals surface area contributed by atoms with Crippen LogP contribution in [0.2, 0.25) is 0 Å². The van der Waals surface area contributed by atoms with Crippen molar-refractivity contribution in [1.29, 1.82) is 0 Å². The highest BCUT2D eigenvalue weighted by atomic mass is 16.6. The van der Waals surface area contributed by atoms with Crippen molar-refractivity contribution in [1.82, 2.24) is 0 Å². The van der Waals surface area contributed by atoms with Crippen LogP contribution in [0.4, 0.5) is 0 Å². The monoisotopic (exact) mass is 546 g/mol. The van der Waals surface area contributed by atoms with Gasteiger partial charge in [0.1, 0.15) is 0 Å². The first-order valence-electron chi connectivity index (χ1n) is 13.0. The van der Waals surface area contributed by atoms with E-state index in [0.717, 1.165) is 0 Å². The second-order valence-electron chi connectivity index (χ2n) is 8.17. The Bertz CT molecular complexity index is 383. The molecule has 0 saturated heterocycles. The normalized spacial score (nSPS) is 14.6. The van der Waals surface area contributed by atoms with Gasteiger partial charge in [0.15, 0.2) is 0 Å². The fourth-order valence-corrected chi connectivity index (χ4v) is 2.23. The van der Waals surface area contributed by atoms with E-state index in [4.69, 9.17) is 58.0 Å². The van der Waals surface area contributed by atoms with E-state index in [9.17, 15) is 0 Å². The van der Waals surface area contributed by atoms with Crippen molar-refractivity contribution in [3.05, 3.63) is 0 Å². The van der Waals surface area contributed by atoms with E-state index >= 15 is 0 Å². The molecule has 0 aromatic rings. The lowest BCUT2D eigenvalue weighted by atomic mass is 10.3. The van der Waals surface area contributed by atoms with Crippen LogP contribution in [-0.2, 0) is 42.6 Å². The standard InChI is InChI=1S/C13H28O5.C12H26O7/c1-10(6-14)16-8-12(3)18-9-13(4)17-7-11(2)15-5;13-1-3-15-5-7-17-9-11-19-12-10-18-8-6-16-4-2-14/h10-14H,6-9H2,1-5H3;13-14H,1-12H2. The Morgan fingerprint density at radius 1 is 0.432 bits per heavy atom. The van der Waals surface area contributed by atoms with Gasteiger partial charge in [-0.05, 0) is 27.7 Å². The van der Waals surface area contributed by atoms with Crippen LogP contribution in [0, 0.1) is 0 Å². The Balaban J connectivity index is 0. The summed E-state index contributed by atoms with van der Waals surface area (Å²) in [5.74, 6) is 0. The predicted octanol–water partition coefficient (Wildman–Crippen LogP) is 0.283. The lowest BCUT2D eigenvalue weighted by molar-refractivity contribution is -0.0854. The van der Waals surface area contributed by atoms with Crippen molar-refractivity contribution in [2.75, 3.05) is 113 Å². The first-order valence-corrected chi connectivity index (χ1v) is 13.0. The molecule has 4 unspecified atom stereocenters. The number of rotatable bonds is 27. The van der Waals surface area contributed by atoms with Crippen molar-refractivity contribution < 1.29 is 58.0 Å². The van der Waals surface area contributed by atoms with Crippen LogP contribution in [0.1, 0.15) is 27.7 Å². The van der Waals surface area contributed by atoms with E-state index in [1.54, 1.807) is 7.11 Å². The molecule has 37 heavy (non-hydrogen) atoms. The smallest absolute Gasteiger partial charge is 0.0781 e. The minimum Gasteiger partial charge on any atom is -0.394 e. The molecule has 0 heterocycles. The fourth-order valence-electron chi connectivity index (χ4n) is 2.23. The molecule has 0 aromatic carbocycles. The van der Waals surface area contributed by atoms with Crippen LogP contribution in [0.15, 0.2) is 0 Å². The van der Waals surface area contributed by atoms with Crippen molar-refractivity contribution in [3.8, 4) is 0 Å². The van der Waals surface area contributed by atoms with Crippen LogP contribution in [-0.4, -0.2) is 153 Å². The summed E-state index contributed by atoms with van der Waals surface area (Å²) in [6.07, 6.45) is -0.0314. The van der Waals surface area contributed by atoms with Crippen molar-refractivity contribution >= 4 is 0 Å². The SMILES string of the molecule is COC(C)COC(C)COC(C)COC(C)CO.OCCOCCOCCOCCOCCOCCO. The van der Waals surface area contributed by atoms with Gasteiger partial charge in [0, 0.05) is 7.11 Å². The van der Waals surface area contributed by atoms with Crippen molar-refractivity contribution in [2.24, 2.45) is 0 Å². The Labute approximate surface area is 223 Å². The Kier molecular flexibility index (Phi) is 33.2. The van der Waals surface area contributed by atoms with E-state index in [2.05, 4.69) is 0 Å². The third kappa shape index (κ3) is 33.5.